The summed E-state index contributed by atoms with van der Waals surface area (Å²) < 4.78 is 20.7. The van der Waals surface area contributed by atoms with Crippen LogP contribution < -0.4 is 9.47 Å². The molecule has 1 N–H and O–H groups in total. The van der Waals surface area contributed by atoms with Crippen LogP contribution in [-0.4, -0.2) is 59.7 Å². The van der Waals surface area contributed by atoms with E-state index in [1.807, 2.05) is 12.1 Å². The molecule has 184 valence electrons. The molecule has 0 spiro atoms. The fourth-order valence-electron chi connectivity index (χ4n) is 3.23. The molecule has 1 amide bonds. The van der Waals surface area contributed by atoms with E-state index in [9.17, 15) is 9.90 Å². The zero-order valence-electron chi connectivity index (χ0n) is 20.2. The summed E-state index contributed by atoms with van der Waals surface area (Å²) in [4.78, 5) is 25.0. The molecule has 0 saturated heterocycles. The highest BCUT2D eigenvalue weighted by molar-refractivity contribution is 8.15. The highest BCUT2D eigenvalue weighted by Gasteiger charge is 2.21. The molecule has 0 radical (unpaired) electrons. The molecule has 1 heterocycles. The Balaban J connectivity index is 2.19. The van der Waals surface area contributed by atoms with Crippen LogP contribution in [-0.2, 0) is 4.74 Å². The van der Waals surface area contributed by atoms with E-state index in [0.717, 1.165) is 5.56 Å². The Bertz CT molecular complexity index is 1250. The first-order valence-corrected chi connectivity index (χ1v) is 11.7. The van der Waals surface area contributed by atoms with Crippen LogP contribution >= 0.6 is 11.8 Å². The molecule has 2 aromatic carbocycles. The van der Waals surface area contributed by atoms with E-state index in [1.54, 1.807) is 44.4 Å². The predicted octanol–water partition coefficient (Wildman–Crippen LogP) is 4.76. The summed E-state index contributed by atoms with van der Waals surface area (Å²) in [6, 6.07) is 10.6. The van der Waals surface area contributed by atoms with E-state index in [2.05, 4.69) is 15.1 Å². The maximum Gasteiger partial charge on any atom is 0.434 e. The first-order valence-electron chi connectivity index (χ1n) is 10.5. The molecule has 1 unspecified atom stereocenters. The van der Waals surface area contributed by atoms with Crippen LogP contribution in [0, 0.1) is 6.92 Å². The van der Waals surface area contributed by atoms with Crippen molar-refractivity contribution in [3.63, 3.8) is 0 Å². The van der Waals surface area contributed by atoms with Gasteiger partial charge in [-0.3, -0.25) is 0 Å². The standard InChI is InChI=1S/C24H26N4O6S/c1-13(29)18-11-16(12-19(31-3)21(18)32-4)20(23(35-6)27-24(30)33-5)26-17-9-7-15(8-10-17)22-25-14(2)34-28-22/h7-13,29H,1-6H3. The van der Waals surface area contributed by atoms with Crippen LogP contribution in [0.2, 0.25) is 0 Å². The molecule has 1 aromatic heterocycles. The van der Waals surface area contributed by atoms with Gasteiger partial charge in [0.15, 0.2) is 11.5 Å². The molecule has 0 fully saturated rings. The zero-order valence-corrected chi connectivity index (χ0v) is 21.0. The van der Waals surface area contributed by atoms with Gasteiger partial charge in [-0.2, -0.15) is 9.98 Å². The van der Waals surface area contributed by atoms with Crippen molar-refractivity contribution in [2.45, 2.75) is 20.0 Å². The lowest BCUT2D eigenvalue weighted by Gasteiger charge is -2.18. The van der Waals surface area contributed by atoms with Gasteiger partial charge < -0.3 is 23.8 Å². The molecular formula is C24H26N4O6S. The lowest BCUT2D eigenvalue weighted by atomic mass is 10.0. The zero-order chi connectivity index (χ0) is 25.5. The number of hydrogen-bond acceptors (Lipinski definition) is 10. The number of nitrogens with zero attached hydrogens (tertiary/aromatic N) is 4. The van der Waals surface area contributed by atoms with Crippen molar-refractivity contribution >= 4 is 34.3 Å². The monoisotopic (exact) mass is 498 g/mol. The van der Waals surface area contributed by atoms with Crippen molar-refractivity contribution in [3.8, 4) is 22.9 Å². The average molecular weight is 499 g/mol. The van der Waals surface area contributed by atoms with Gasteiger partial charge in [0.05, 0.1) is 33.1 Å². The lowest BCUT2D eigenvalue weighted by molar-refractivity contribution is 0.182. The molecule has 3 rings (SSSR count). The summed E-state index contributed by atoms with van der Waals surface area (Å²) in [6.07, 6.45) is 0.157. The molecule has 0 aliphatic rings. The van der Waals surface area contributed by atoms with Gasteiger partial charge >= 0.3 is 6.09 Å². The minimum atomic E-state index is -0.854. The van der Waals surface area contributed by atoms with Gasteiger partial charge in [-0.15, -0.1) is 11.8 Å². The number of aryl methyl sites for hydroxylation is 1. The van der Waals surface area contributed by atoms with E-state index in [4.69, 9.17) is 23.7 Å². The van der Waals surface area contributed by atoms with Gasteiger partial charge in [0.25, 0.3) is 0 Å². The van der Waals surface area contributed by atoms with Crippen LogP contribution in [0.1, 0.15) is 30.0 Å². The molecule has 3 aromatic rings. The highest BCUT2D eigenvalue weighted by atomic mass is 32.2. The first-order chi connectivity index (χ1) is 16.8. The summed E-state index contributed by atoms with van der Waals surface area (Å²) in [5, 5.41) is 14.6. The van der Waals surface area contributed by atoms with Crippen LogP contribution in [0.4, 0.5) is 10.5 Å². The fourth-order valence-corrected chi connectivity index (χ4v) is 3.75. The largest absolute Gasteiger partial charge is 0.493 e. The van der Waals surface area contributed by atoms with Crippen molar-refractivity contribution in [2.75, 3.05) is 27.6 Å². The topological polar surface area (TPSA) is 129 Å². The quantitative estimate of drug-likeness (QED) is 0.362. The number of carbonyl (C=O) groups is 1. The number of thioether (sulfide) groups is 1. The Morgan fingerprint density at radius 3 is 2.37 bits per heavy atom. The third-order valence-corrected chi connectivity index (χ3v) is 5.56. The Morgan fingerprint density at radius 1 is 1.14 bits per heavy atom. The minimum Gasteiger partial charge on any atom is -0.493 e. The van der Waals surface area contributed by atoms with Crippen molar-refractivity contribution in [2.24, 2.45) is 9.98 Å². The normalized spacial score (nSPS) is 12.9. The Morgan fingerprint density at radius 2 is 1.86 bits per heavy atom. The Labute approximate surface area is 207 Å². The molecule has 0 bridgehead atoms. The number of benzene rings is 2. The van der Waals surface area contributed by atoms with E-state index in [1.165, 1.54) is 33.1 Å². The maximum atomic E-state index is 12.0. The average Bonchev–Trinajstić information content (AvgIpc) is 3.31. The first kappa shape index (κ1) is 25.9. The molecule has 0 saturated carbocycles. The molecule has 35 heavy (non-hydrogen) atoms. The number of aromatic nitrogens is 2. The third kappa shape index (κ3) is 6.06. The SMILES string of the molecule is COC(=O)N=C(SC)C(=Nc1ccc(-c2noc(C)n2)cc1)c1cc(OC)c(OC)c(C(C)O)c1. The third-order valence-electron chi connectivity index (χ3n) is 4.89. The number of aliphatic hydroxyl groups excluding tert-OH is 1. The van der Waals surface area contributed by atoms with Gasteiger partial charge in [-0.05, 0) is 49.6 Å². The number of aliphatic imine (C=N–C) groups is 2. The number of hydrogen-bond donors (Lipinski definition) is 1. The lowest BCUT2D eigenvalue weighted by Crippen LogP contribution is -2.15. The van der Waals surface area contributed by atoms with E-state index in [-0.39, 0.29) is 0 Å². The molecule has 0 aliphatic carbocycles. The van der Waals surface area contributed by atoms with Gasteiger partial charge in [-0.1, -0.05) is 5.16 Å². The number of carbonyl (C=O) groups excluding carboxylic acids is 1. The van der Waals surface area contributed by atoms with Crippen molar-refractivity contribution < 1.29 is 28.6 Å². The van der Waals surface area contributed by atoms with E-state index < -0.39 is 12.2 Å². The smallest absolute Gasteiger partial charge is 0.434 e. The Hall–Kier alpha value is -3.70. The maximum absolute atomic E-state index is 12.0. The number of aliphatic hydroxyl groups is 1. The molecule has 10 nitrogen and oxygen atoms in total. The minimum absolute atomic E-state index is 0.318. The highest BCUT2D eigenvalue weighted by Crippen LogP contribution is 2.37. The molecular weight excluding hydrogens is 472 g/mol. The summed E-state index contributed by atoms with van der Waals surface area (Å²) in [5.41, 5.74) is 2.79. The van der Waals surface area contributed by atoms with Gasteiger partial charge in [0, 0.05) is 23.6 Å². The summed E-state index contributed by atoms with van der Waals surface area (Å²) in [6.45, 7) is 3.34. The van der Waals surface area contributed by atoms with Crippen LogP contribution in [0.25, 0.3) is 11.4 Å². The van der Waals surface area contributed by atoms with Gasteiger partial charge in [0.2, 0.25) is 11.7 Å². The van der Waals surface area contributed by atoms with Crippen molar-refractivity contribution in [3.05, 3.63) is 53.4 Å². The number of amides is 1. The van der Waals surface area contributed by atoms with Crippen molar-refractivity contribution in [1.29, 1.82) is 0 Å². The second kappa shape index (κ2) is 11.6. The van der Waals surface area contributed by atoms with Gasteiger partial charge in [-0.25, -0.2) is 9.79 Å². The van der Waals surface area contributed by atoms with E-state index in [0.29, 0.717) is 50.8 Å². The Kier molecular flexibility index (Phi) is 8.61. The molecule has 1 atom stereocenters. The van der Waals surface area contributed by atoms with Crippen LogP contribution in [0.5, 0.6) is 11.5 Å². The number of ether oxygens (including phenoxy) is 3. The number of rotatable bonds is 7. The van der Waals surface area contributed by atoms with Crippen molar-refractivity contribution in [1.82, 2.24) is 10.1 Å². The second-order valence-electron chi connectivity index (χ2n) is 7.21. The summed E-state index contributed by atoms with van der Waals surface area (Å²) in [7, 11) is 4.25. The summed E-state index contributed by atoms with van der Waals surface area (Å²) in [5.74, 6) is 1.74. The fraction of sp³-hybridized carbons (Fsp3) is 0.292. The van der Waals surface area contributed by atoms with E-state index >= 15 is 0 Å². The van der Waals surface area contributed by atoms with Crippen LogP contribution in [0.15, 0.2) is 50.9 Å². The molecule has 11 heteroatoms. The summed E-state index contributed by atoms with van der Waals surface area (Å²) >= 11 is 1.23. The van der Waals surface area contributed by atoms with Gasteiger partial charge in [0.1, 0.15) is 10.8 Å². The molecule has 0 aliphatic heterocycles. The van der Waals surface area contributed by atoms with Crippen LogP contribution in [0.3, 0.4) is 0 Å². The second-order valence-corrected chi connectivity index (χ2v) is 8.01. The predicted molar refractivity (Wildman–Crippen MR) is 134 cm³/mol. The number of methoxy groups -OCH3 is 3.